The van der Waals surface area contributed by atoms with Crippen molar-refractivity contribution in [3.63, 3.8) is 0 Å². The Morgan fingerprint density at radius 1 is 0.897 bits per heavy atom. The molecule has 1 saturated carbocycles. The standard InChI is InChI=1S/C41H47F9N4O4/c1-2-53(24-28-15-13-27(14-16-28)21-34(56)57)33-18-17-32(39(42,43)44)22-31(33)23-51-37-52-25-38(58-20-19-55,35(40(45,46)47)29-9-5-3-6-10-29)26-54(37)36(41(48,49)50)30-11-7-4-8-12-30/h3-12,17-18,22,25,27-28,35-37,51,55H,2,13-16,19-21,23-24,26H2,1H3,(H,56,57)/t27-,28-,35?,36?,37?,38?. The molecule has 5 rings (SSSR count). The van der Waals surface area contributed by atoms with E-state index in [-0.39, 0.29) is 34.9 Å². The first-order valence-corrected chi connectivity index (χ1v) is 19.0. The summed E-state index contributed by atoms with van der Waals surface area (Å²) in [4.78, 5) is 18.0. The number of anilines is 1. The fraction of sp³-hybridized carbons (Fsp3) is 0.512. The normalized spacial score (nSPS) is 23.1. The Labute approximate surface area is 330 Å². The number of hydrogen-bond donors (Lipinski definition) is 3. The summed E-state index contributed by atoms with van der Waals surface area (Å²) in [7, 11) is 0. The van der Waals surface area contributed by atoms with Gasteiger partial charge >= 0.3 is 24.5 Å². The molecule has 1 aliphatic heterocycles. The number of halogens is 9. The molecule has 0 radical (unpaired) electrons. The van der Waals surface area contributed by atoms with Gasteiger partial charge in [0.05, 0.1) is 18.8 Å². The highest BCUT2D eigenvalue weighted by molar-refractivity contribution is 5.73. The minimum Gasteiger partial charge on any atom is -0.481 e. The smallest absolute Gasteiger partial charge is 0.416 e. The molecule has 0 aromatic heterocycles. The Bertz CT molecular complexity index is 1800. The van der Waals surface area contributed by atoms with Crippen molar-refractivity contribution in [1.29, 1.82) is 0 Å². The van der Waals surface area contributed by atoms with E-state index in [0.717, 1.165) is 18.3 Å². The Balaban J connectivity index is 1.56. The van der Waals surface area contributed by atoms with Crippen LogP contribution >= 0.6 is 0 Å². The molecule has 3 aromatic rings. The van der Waals surface area contributed by atoms with Gasteiger partial charge in [0.1, 0.15) is 17.6 Å². The van der Waals surface area contributed by atoms with Gasteiger partial charge in [0.15, 0.2) is 6.29 Å². The number of aliphatic imine (C=N–C) groups is 1. The highest BCUT2D eigenvalue weighted by atomic mass is 19.4. The number of carbonyl (C=O) groups is 1. The molecular formula is C41H47F9N4O4. The molecule has 4 atom stereocenters. The second-order valence-corrected chi connectivity index (χ2v) is 14.8. The SMILES string of the molecule is CCN(C[C@H]1CC[C@H](CC(=O)O)CC1)c1ccc(C(F)(F)F)cc1CNC1N=CC(OCCO)(C(c2ccccc2)C(F)(F)F)CN1C(c1ccccc1)C(F)(F)F. The van der Waals surface area contributed by atoms with Crippen LogP contribution in [0.5, 0.6) is 0 Å². The van der Waals surface area contributed by atoms with Crippen LogP contribution in [0.15, 0.2) is 83.9 Å². The van der Waals surface area contributed by atoms with Gasteiger partial charge in [-0.1, -0.05) is 60.7 Å². The van der Waals surface area contributed by atoms with Crippen LogP contribution in [0.2, 0.25) is 0 Å². The lowest BCUT2D eigenvalue weighted by molar-refractivity contribution is -0.223. The molecule has 3 N–H and O–H groups in total. The summed E-state index contributed by atoms with van der Waals surface area (Å²) >= 11 is 0. The fourth-order valence-corrected chi connectivity index (χ4v) is 8.25. The van der Waals surface area contributed by atoms with Crippen LogP contribution in [0, 0.1) is 11.8 Å². The summed E-state index contributed by atoms with van der Waals surface area (Å²) in [6.07, 6.45) is -13.1. The Hall–Kier alpha value is -4.19. The van der Waals surface area contributed by atoms with Crippen LogP contribution in [-0.4, -0.2) is 84.4 Å². The second kappa shape index (κ2) is 18.8. The van der Waals surface area contributed by atoms with E-state index in [1.807, 2.05) is 11.8 Å². The largest absolute Gasteiger partial charge is 0.481 e. The topological polar surface area (TPSA) is 97.6 Å². The molecule has 3 aromatic carbocycles. The maximum atomic E-state index is 15.3. The highest BCUT2D eigenvalue weighted by Crippen LogP contribution is 2.48. The average Bonchev–Trinajstić information content (AvgIpc) is 3.16. The van der Waals surface area contributed by atoms with Crippen molar-refractivity contribution < 1.29 is 59.3 Å². The van der Waals surface area contributed by atoms with E-state index in [0.29, 0.717) is 49.4 Å². The number of nitrogens with zero attached hydrogens (tertiary/aromatic N) is 3. The van der Waals surface area contributed by atoms with Crippen LogP contribution in [0.3, 0.4) is 0 Å². The lowest BCUT2D eigenvalue weighted by Gasteiger charge is -2.49. The zero-order valence-corrected chi connectivity index (χ0v) is 31.7. The van der Waals surface area contributed by atoms with Crippen molar-refractivity contribution >= 4 is 17.9 Å². The van der Waals surface area contributed by atoms with Crippen molar-refractivity contribution in [3.8, 4) is 0 Å². The van der Waals surface area contributed by atoms with Gasteiger partial charge in [-0.05, 0) is 79.3 Å². The minimum atomic E-state index is -5.10. The molecule has 1 fully saturated rings. The lowest BCUT2D eigenvalue weighted by atomic mass is 9.80. The molecule has 4 unspecified atom stereocenters. The van der Waals surface area contributed by atoms with Gasteiger partial charge in [-0.25, -0.2) is 0 Å². The van der Waals surface area contributed by atoms with Gasteiger partial charge in [0.2, 0.25) is 0 Å². The predicted molar refractivity (Wildman–Crippen MR) is 199 cm³/mol. The van der Waals surface area contributed by atoms with Crippen LogP contribution < -0.4 is 10.2 Å². The molecule has 1 heterocycles. The van der Waals surface area contributed by atoms with Crippen LogP contribution in [0.25, 0.3) is 0 Å². The monoisotopic (exact) mass is 830 g/mol. The van der Waals surface area contributed by atoms with Crippen LogP contribution in [-0.2, 0) is 22.3 Å². The number of carboxylic acids is 1. The highest BCUT2D eigenvalue weighted by Gasteiger charge is 2.59. The van der Waals surface area contributed by atoms with Gasteiger partial charge < -0.3 is 19.8 Å². The van der Waals surface area contributed by atoms with E-state index in [4.69, 9.17) is 4.74 Å². The summed E-state index contributed by atoms with van der Waals surface area (Å²) in [5, 5.41) is 21.7. The number of ether oxygens (including phenoxy) is 1. The third-order valence-corrected chi connectivity index (χ3v) is 10.9. The first-order chi connectivity index (χ1) is 27.4. The van der Waals surface area contributed by atoms with Gasteiger partial charge in [-0.3, -0.25) is 20.0 Å². The van der Waals surface area contributed by atoms with Crippen LogP contribution in [0.1, 0.15) is 73.2 Å². The minimum absolute atomic E-state index is 0.0249. The number of nitrogens with one attached hydrogen (secondary N) is 1. The molecule has 0 spiro atoms. The van der Waals surface area contributed by atoms with Gasteiger partial charge in [0, 0.05) is 44.5 Å². The van der Waals surface area contributed by atoms with E-state index < -0.39 is 80.2 Å². The molecule has 2 aliphatic rings. The van der Waals surface area contributed by atoms with Gasteiger partial charge in [0.25, 0.3) is 0 Å². The Morgan fingerprint density at radius 3 is 2.03 bits per heavy atom. The second-order valence-electron chi connectivity index (χ2n) is 14.8. The number of rotatable bonds is 16. The predicted octanol–water partition coefficient (Wildman–Crippen LogP) is 8.97. The molecule has 8 nitrogen and oxygen atoms in total. The van der Waals surface area contributed by atoms with E-state index in [9.17, 15) is 28.2 Å². The Morgan fingerprint density at radius 2 is 1.50 bits per heavy atom. The molecule has 1 aliphatic carbocycles. The molecular weight excluding hydrogens is 783 g/mol. The van der Waals surface area contributed by atoms with Gasteiger partial charge in [-0.2, -0.15) is 39.5 Å². The maximum absolute atomic E-state index is 15.3. The summed E-state index contributed by atoms with van der Waals surface area (Å²) in [6, 6.07) is 13.5. The molecule has 17 heteroatoms. The number of aliphatic hydroxyl groups excluding tert-OH is 1. The first-order valence-electron chi connectivity index (χ1n) is 19.0. The lowest BCUT2D eigenvalue weighted by Crippen LogP contribution is -2.63. The number of carboxylic acid groups (broad SMARTS) is 1. The molecule has 0 saturated heterocycles. The molecule has 0 bridgehead atoms. The zero-order valence-electron chi connectivity index (χ0n) is 31.7. The van der Waals surface area contributed by atoms with Crippen molar-refractivity contribution in [2.75, 3.05) is 37.7 Å². The maximum Gasteiger partial charge on any atom is 0.416 e. The molecule has 318 valence electrons. The van der Waals surface area contributed by atoms with Gasteiger partial charge in [-0.15, -0.1) is 0 Å². The van der Waals surface area contributed by atoms with Crippen molar-refractivity contribution in [3.05, 3.63) is 101 Å². The molecule has 58 heavy (non-hydrogen) atoms. The summed E-state index contributed by atoms with van der Waals surface area (Å²) in [6.45, 7) is -0.362. The number of aliphatic hydroxyl groups is 1. The van der Waals surface area contributed by atoms with E-state index in [1.165, 1.54) is 66.7 Å². The van der Waals surface area contributed by atoms with Crippen molar-refractivity contribution in [2.45, 2.75) is 88.0 Å². The summed E-state index contributed by atoms with van der Waals surface area (Å²) in [5.41, 5.74) is -3.81. The van der Waals surface area contributed by atoms with Crippen molar-refractivity contribution in [2.24, 2.45) is 16.8 Å². The quantitative estimate of drug-likeness (QED) is 0.124. The summed E-state index contributed by atoms with van der Waals surface area (Å²) in [5.74, 6) is -3.30. The third-order valence-electron chi connectivity index (χ3n) is 10.9. The van der Waals surface area contributed by atoms with E-state index in [1.54, 1.807) is 0 Å². The number of benzene rings is 3. The fourth-order valence-electron chi connectivity index (χ4n) is 8.25. The van der Waals surface area contributed by atoms with E-state index >= 15 is 26.3 Å². The third kappa shape index (κ3) is 11.1. The number of alkyl halides is 9. The molecule has 0 amide bonds. The number of hydrogen-bond acceptors (Lipinski definition) is 7. The van der Waals surface area contributed by atoms with Crippen molar-refractivity contribution in [1.82, 2.24) is 10.2 Å². The van der Waals surface area contributed by atoms with E-state index in [2.05, 4.69) is 10.3 Å². The van der Waals surface area contributed by atoms with Crippen LogP contribution in [0.4, 0.5) is 45.2 Å². The zero-order chi connectivity index (χ0) is 42.3. The Kier molecular flexibility index (Phi) is 14.6. The average molecular weight is 831 g/mol. The number of aliphatic carboxylic acids is 1. The first kappa shape index (κ1) is 44.9. The summed E-state index contributed by atoms with van der Waals surface area (Å²) < 4.78 is 139.